The molecule has 7 nitrogen and oxygen atoms in total. The Hall–Kier alpha value is -1.67. The summed E-state index contributed by atoms with van der Waals surface area (Å²) in [6.07, 6.45) is 2.55. The standard InChI is InChI=1S/C12H16BrN3O4/c13-9-5-4-6-10(16(18)19)12(9)20-8-3-1-2-7-11(17)15-14/h4-6H,1-3,7-8,14H2,(H,15,17). The van der Waals surface area contributed by atoms with Crippen LogP contribution in [-0.4, -0.2) is 17.4 Å². The van der Waals surface area contributed by atoms with Gasteiger partial charge in [-0.2, -0.15) is 0 Å². The third kappa shape index (κ3) is 5.14. The molecule has 0 aliphatic rings. The summed E-state index contributed by atoms with van der Waals surface area (Å²) in [6.45, 7) is 0.355. The van der Waals surface area contributed by atoms with Gasteiger partial charge in [0.15, 0.2) is 0 Å². The van der Waals surface area contributed by atoms with E-state index in [1.165, 1.54) is 6.07 Å². The number of nitro benzene ring substituents is 1. The summed E-state index contributed by atoms with van der Waals surface area (Å²) >= 11 is 3.23. The largest absolute Gasteiger partial charge is 0.486 e. The molecule has 0 fully saturated rings. The Kier molecular flexibility index (Phi) is 6.96. The van der Waals surface area contributed by atoms with Gasteiger partial charge in [-0.15, -0.1) is 0 Å². The van der Waals surface area contributed by atoms with E-state index in [1.54, 1.807) is 12.1 Å². The first-order valence-corrected chi connectivity index (χ1v) is 6.90. The Morgan fingerprint density at radius 2 is 2.15 bits per heavy atom. The van der Waals surface area contributed by atoms with Crippen molar-refractivity contribution in [3.8, 4) is 5.75 Å². The maximum Gasteiger partial charge on any atom is 0.312 e. The smallest absolute Gasteiger partial charge is 0.312 e. The van der Waals surface area contributed by atoms with Crippen molar-refractivity contribution in [2.45, 2.75) is 25.7 Å². The lowest BCUT2D eigenvalue weighted by Gasteiger charge is -2.08. The molecule has 0 radical (unpaired) electrons. The molecular formula is C12H16BrN3O4. The van der Waals surface area contributed by atoms with Crippen molar-refractivity contribution in [3.05, 3.63) is 32.8 Å². The number of halogens is 1. The van der Waals surface area contributed by atoms with Crippen LogP contribution in [0.2, 0.25) is 0 Å². The van der Waals surface area contributed by atoms with E-state index in [-0.39, 0.29) is 17.3 Å². The van der Waals surface area contributed by atoms with Gasteiger partial charge in [-0.3, -0.25) is 20.3 Å². The molecule has 3 N–H and O–H groups in total. The molecule has 0 unspecified atom stereocenters. The molecule has 0 aliphatic carbocycles. The average Bonchev–Trinajstić information content (AvgIpc) is 2.43. The Morgan fingerprint density at radius 1 is 1.40 bits per heavy atom. The van der Waals surface area contributed by atoms with Crippen molar-refractivity contribution in [1.82, 2.24) is 5.43 Å². The molecule has 0 saturated heterocycles. The van der Waals surface area contributed by atoms with E-state index < -0.39 is 4.92 Å². The zero-order valence-electron chi connectivity index (χ0n) is 10.8. The van der Waals surface area contributed by atoms with Gasteiger partial charge >= 0.3 is 5.69 Å². The Morgan fingerprint density at radius 3 is 2.80 bits per heavy atom. The van der Waals surface area contributed by atoms with Gasteiger partial charge in [-0.25, -0.2) is 5.84 Å². The zero-order valence-corrected chi connectivity index (χ0v) is 12.4. The van der Waals surface area contributed by atoms with Crippen molar-refractivity contribution < 1.29 is 14.5 Å². The van der Waals surface area contributed by atoms with Gasteiger partial charge < -0.3 is 4.74 Å². The predicted octanol–water partition coefficient (Wildman–Crippen LogP) is 2.29. The summed E-state index contributed by atoms with van der Waals surface area (Å²) in [5.41, 5.74) is 1.99. The van der Waals surface area contributed by atoms with Gasteiger partial charge in [0.2, 0.25) is 11.7 Å². The molecule has 0 spiro atoms. The van der Waals surface area contributed by atoms with Crippen molar-refractivity contribution >= 4 is 27.5 Å². The van der Waals surface area contributed by atoms with E-state index in [9.17, 15) is 14.9 Å². The molecule has 20 heavy (non-hydrogen) atoms. The van der Waals surface area contributed by atoms with Gasteiger partial charge in [-0.1, -0.05) is 6.07 Å². The molecular weight excluding hydrogens is 330 g/mol. The summed E-state index contributed by atoms with van der Waals surface area (Å²) in [4.78, 5) is 21.3. The van der Waals surface area contributed by atoms with E-state index >= 15 is 0 Å². The number of rotatable bonds is 8. The van der Waals surface area contributed by atoms with Crippen molar-refractivity contribution in [1.29, 1.82) is 0 Å². The van der Waals surface area contributed by atoms with Crippen molar-refractivity contribution in [2.24, 2.45) is 5.84 Å². The predicted molar refractivity (Wildman–Crippen MR) is 77.1 cm³/mol. The molecule has 0 aliphatic heterocycles. The van der Waals surface area contributed by atoms with Gasteiger partial charge in [0.1, 0.15) is 0 Å². The fourth-order valence-corrected chi connectivity index (χ4v) is 2.07. The van der Waals surface area contributed by atoms with Gasteiger partial charge in [0, 0.05) is 12.5 Å². The zero-order chi connectivity index (χ0) is 15.0. The van der Waals surface area contributed by atoms with Crippen molar-refractivity contribution in [3.63, 3.8) is 0 Å². The van der Waals surface area contributed by atoms with Crippen LogP contribution in [0.3, 0.4) is 0 Å². The monoisotopic (exact) mass is 345 g/mol. The second-order valence-electron chi connectivity index (χ2n) is 4.07. The number of ether oxygens (including phenoxy) is 1. The number of unbranched alkanes of at least 4 members (excludes halogenated alkanes) is 2. The fraction of sp³-hybridized carbons (Fsp3) is 0.417. The van der Waals surface area contributed by atoms with Gasteiger partial charge in [0.25, 0.3) is 0 Å². The SMILES string of the molecule is NNC(=O)CCCCCOc1c(Br)cccc1[N+](=O)[O-]. The van der Waals surface area contributed by atoms with Crippen LogP contribution in [0.1, 0.15) is 25.7 Å². The number of nitro groups is 1. The minimum absolute atomic E-state index is 0.0677. The van der Waals surface area contributed by atoms with Crippen LogP contribution in [0.25, 0.3) is 0 Å². The first-order valence-electron chi connectivity index (χ1n) is 6.11. The quantitative estimate of drug-likeness (QED) is 0.247. The maximum atomic E-state index is 10.9. The third-order valence-corrected chi connectivity index (χ3v) is 3.22. The summed E-state index contributed by atoms with van der Waals surface area (Å²) < 4.78 is 6.00. The molecule has 0 saturated carbocycles. The van der Waals surface area contributed by atoms with Crippen LogP contribution in [0.15, 0.2) is 22.7 Å². The minimum Gasteiger partial charge on any atom is -0.486 e. The molecule has 0 aromatic heterocycles. The summed E-state index contributed by atoms with van der Waals surface area (Å²) in [6, 6.07) is 4.67. The molecule has 0 atom stereocenters. The highest BCUT2D eigenvalue weighted by atomic mass is 79.9. The van der Waals surface area contributed by atoms with Crippen LogP contribution in [-0.2, 0) is 4.79 Å². The van der Waals surface area contributed by atoms with Crippen molar-refractivity contribution in [2.75, 3.05) is 6.61 Å². The minimum atomic E-state index is -0.480. The van der Waals surface area contributed by atoms with Crippen LogP contribution >= 0.6 is 15.9 Å². The summed E-state index contributed by atoms with van der Waals surface area (Å²) in [5, 5.41) is 10.9. The second-order valence-corrected chi connectivity index (χ2v) is 4.93. The lowest BCUT2D eigenvalue weighted by Crippen LogP contribution is -2.29. The van der Waals surface area contributed by atoms with Gasteiger partial charge in [0.05, 0.1) is 16.0 Å². The first-order chi connectivity index (χ1) is 9.56. The molecule has 1 amide bonds. The molecule has 1 rings (SSSR count). The topological polar surface area (TPSA) is 107 Å². The molecule has 1 aromatic carbocycles. The number of carbonyl (C=O) groups excluding carboxylic acids is 1. The maximum absolute atomic E-state index is 10.9. The summed E-state index contributed by atoms with van der Waals surface area (Å²) in [5.74, 6) is 4.99. The number of carbonyl (C=O) groups is 1. The number of benzene rings is 1. The molecule has 0 heterocycles. The highest BCUT2D eigenvalue weighted by molar-refractivity contribution is 9.10. The molecule has 1 aromatic rings. The number of para-hydroxylation sites is 1. The molecule has 8 heteroatoms. The van der Waals surface area contributed by atoms with Crippen LogP contribution in [0.5, 0.6) is 5.75 Å². The Labute approximate surface area is 124 Å². The summed E-state index contributed by atoms with van der Waals surface area (Å²) in [7, 11) is 0. The lowest BCUT2D eigenvalue weighted by atomic mass is 10.2. The van der Waals surface area contributed by atoms with E-state index in [2.05, 4.69) is 21.4 Å². The molecule has 0 bridgehead atoms. The van der Waals surface area contributed by atoms with Gasteiger partial charge in [-0.05, 0) is 41.3 Å². The van der Waals surface area contributed by atoms with Crippen LogP contribution in [0, 0.1) is 10.1 Å². The Balaban J connectivity index is 2.39. The number of nitrogens with one attached hydrogen (secondary N) is 1. The van der Waals surface area contributed by atoms with E-state index in [0.29, 0.717) is 30.3 Å². The van der Waals surface area contributed by atoms with Crippen LogP contribution in [0.4, 0.5) is 5.69 Å². The highest BCUT2D eigenvalue weighted by Gasteiger charge is 2.17. The third-order valence-electron chi connectivity index (χ3n) is 2.60. The number of hydrogen-bond donors (Lipinski definition) is 2. The van der Waals surface area contributed by atoms with E-state index in [0.717, 1.165) is 6.42 Å². The van der Waals surface area contributed by atoms with Crippen LogP contribution < -0.4 is 16.0 Å². The second kappa shape index (κ2) is 8.49. The average molecular weight is 346 g/mol. The van der Waals surface area contributed by atoms with E-state index in [1.807, 2.05) is 0 Å². The molecule has 110 valence electrons. The number of nitrogens with zero attached hydrogens (tertiary/aromatic N) is 1. The number of nitrogens with two attached hydrogens (primary N) is 1. The highest BCUT2D eigenvalue weighted by Crippen LogP contribution is 2.34. The fourth-order valence-electron chi connectivity index (χ4n) is 1.59. The number of hydrogen-bond acceptors (Lipinski definition) is 5. The lowest BCUT2D eigenvalue weighted by molar-refractivity contribution is -0.386. The first kappa shape index (κ1) is 16.4. The number of hydrazine groups is 1. The van der Waals surface area contributed by atoms with E-state index in [4.69, 9.17) is 10.6 Å². The normalized spacial score (nSPS) is 10.1. The Bertz CT molecular complexity index is 482. The number of amides is 1.